The Morgan fingerprint density at radius 1 is 1.17 bits per heavy atom. The Morgan fingerprint density at radius 3 is 2.33 bits per heavy atom. The maximum absolute atomic E-state index is 5.35. The van der Waals surface area contributed by atoms with Gasteiger partial charge >= 0.3 is 0 Å². The first-order chi connectivity index (χ1) is 14.6. The van der Waals surface area contributed by atoms with Gasteiger partial charge in [0.05, 0.1) is 7.11 Å². The second kappa shape index (κ2) is 21.8. The van der Waals surface area contributed by atoms with Gasteiger partial charge in [-0.25, -0.2) is 0 Å². The lowest BCUT2D eigenvalue weighted by atomic mass is 9.99. The standard InChI is InChI=1S/C17H30N2O2.C7H12.C2H4/c1-5-15-13-19(10-7-6-9-18-2)11-8-16(15)12-17(21-4)14-20-3;1-4-6-7(3)5-2;1-2/h5,12,18H,1,6-11,13-14H2,2-4H3;4-6H,1-3H3;1-2H2/b17-12+;6-4-,7-5-;. The summed E-state index contributed by atoms with van der Waals surface area (Å²) in [5.74, 6) is 0.870. The summed E-state index contributed by atoms with van der Waals surface area (Å²) in [5, 5.41) is 3.19. The van der Waals surface area contributed by atoms with E-state index in [1.165, 1.54) is 29.6 Å². The normalized spacial score (nSPS) is 15.3. The molecule has 0 aromatic carbocycles. The molecule has 4 nitrogen and oxygen atoms in total. The van der Waals surface area contributed by atoms with E-state index in [1.807, 2.05) is 33.0 Å². The third kappa shape index (κ3) is 15.0. The van der Waals surface area contributed by atoms with Crippen LogP contribution < -0.4 is 5.32 Å². The first kappa shape index (κ1) is 30.3. The molecule has 1 N–H and O–H groups in total. The highest BCUT2D eigenvalue weighted by Gasteiger charge is 2.16. The van der Waals surface area contributed by atoms with Crippen LogP contribution in [0.1, 0.15) is 40.0 Å². The summed E-state index contributed by atoms with van der Waals surface area (Å²) < 4.78 is 10.5. The van der Waals surface area contributed by atoms with Crippen molar-refractivity contribution in [1.82, 2.24) is 10.2 Å². The molecule has 1 aliphatic rings. The van der Waals surface area contributed by atoms with Crippen molar-refractivity contribution in [2.45, 2.75) is 40.0 Å². The van der Waals surface area contributed by atoms with Gasteiger partial charge in [-0.05, 0) is 77.4 Å². The van der Waals surface area contributed by atoms with Gasteiger partial charge < -0.3 is 14.8 Å². The number of unbranched alkanes of at least 4 members (excludes halogenated alkanes) is 1. The van der Waals surface area contributed by atoms with Crippen LogP contribution in [0.25, 0.3) is 0 Å². The van der Waals surface area contributed by atoms with Gasteiger partial charge in [-0.15, -0.1) is 13.2 Å². The van der Waals surface area contributed by atoms with Crippen LogP contribution in [-0.4, -0.2) is 59.0 Å². The van der Waals surface area contributed by atoms with Crippen LogP contribution in [0.15, 0.2) is 72.6 Å². The Hall–Kier alpha value is -1.88. The summed E-state index contributed by atoms with van der Waals surface area (Å²) in [6.07, 6.45) is 13.8. The Kier molecular flexibility index (Phi) is 22.0. The van der Waals surface area contributed by atoms with E-state index in [9.17, 15) is 0 Å². The predicted molar refractivity (Wildman–Crippen MR) is 134 cm³/mol. The lowest BCUT2D eigenvalue weighted by molar-refractivity contribution is 0.159. The summed E-state index contributed by atoms with van der Waals surface area (Å²) >= 11 is 0. The largest absolute Gasteiger partial charge is 0.499 e. The fourth-order valence-electron chi connectivity index (χ4n) is 2.90. The van der Waals surface area contributed by atoms with Crippen molar-refractivity contribution in [2.75, 3.05) is 54.1 Å². The summed E-state index contributed by atoms with van der Waals surface area (Å²) in [4.78, 5) is 2.51. The SMILES string of the molecule is C/C=C\C(C)=C/C.C=C.C=CC1=C(/C=C(\COC)OC)CCN(CCCCNC)C1. The lowest BCUT2D eigenvalue weighted by Gasteiger charge is -2.29. The number of hydrogen-bond acceptors (Lipinski definition) is 4. The van der Waals surface area contributed by atoms with Gasteiger partial charge in [-0.3, -0.25) is 4.90 Å². The van der Waals surface area contributed by atoms with Crippen molar-refractivity contribution >= 4 is 0 Å². The highest BCUT2D eigenvalue weighted by molar-refractivity contribution is 5.36. The molecule has 0 amide bonds. The molecule has 0 radical (unpaired) electrons. The van der Waals surface area contributed by atoms with Crippen molar-refractivity contribution < 1.29 is 9.47 Å². The van der Waals surface area contributed by atoms with Crippen LogP contribution >= 0.6 is 0 Å². The Bertz CT molecular complexity index is 559. The van der Waals surface area contributed by atoms with Crippen LogP contribution in [0.5, 0.6) is 0 Å². The summed E-state index contributed by atoms with van der Waals surface area (Å²) in [5.41, 5.74) is 3.95. The van der Waals surface area contributed by atoms with Crippen LogP contribution in [-0.2, 0) is 9.47 Å². The van der Waals surface area contributed by atoms with E-state index in [0.717, 1.165) is 38.4 Å². The average Bonchev–Trinajstić information content (AvgIpc) is 2.79. The second-order valence-electron chi connectivity index (χ2n) is 6.87. The zero-order chi connectivity index (χ0) is 23.2. The van der Waals surface area contributed by atoms with Crippen molar-refractivity contribution in [1.29, 1.82) is 0 Å². The molecule has 0 bridgehead atoms. The van der Waals surface area contributed by atoms with Crippen molar-refractivity contribution in [2.24, 2.45) is 0 Å². The molecule has 0 spiro atoms. The van der Waals surface area contributed by atoms with E-state index in [-0.39, 0.29) is 0 Å². The van der Waals surface area contributed by atoms with E-state index in [0.29, 0.717) is 6.61 Å². The molecule has 0 saturated heterocycles. The maximum atomic E-state index is 5.35. The van der Waals surface area contributed by atoms with Crippen molar-refractivity contribution in [3.8, 4) is 0 Å². The average molecular weight is 419 g/mol. The monoisotopic (exact) mass is 418 g/mol. The minimum atomic E-state index is 0.512. The molecule has 4 heteroatoms. The minimum absolute atomic E-state index is 0.512. The number of nitrogens with zero attached hydrogens (tertiary/aromatic N) is 1. The summed E-state index contributed by atoms with van der Waals surface area (Å²) in [7, 11) is 5.38. The Labute approximate surface area is 186 Å². The Morgan fingerprint density at radius 2 is 1.87 bits per heavy atom. The van der Waals surface area contributed by atoms with Crippen LogP contribution in [0.2, 0.25) is 0 Å². The highest BCUT2D eigenvalue weighted by Crippen LogP contribution is 2.21. The maximum Gasteiger partial charge on any atom is 0.121 e. The second-order valence-corrected chi connectivity index (χ2v) is 6.87. The molecule has 0 fully saturated rings. The molecule has 0 aromatic heterocycles. The molecular weight excluding hydrogens is 372 g/mol. The van der Waals surface area contributed by atoms with Gasteiger partial charge in [0.25, 0.3) is 0 Å². The van der Waals surface area contributed by atoms with Crippen LogP contribution in [0.3, 0.4) is 0 Å². The zero-order valence-corrected chi connectivity index (χ0v) is 20.4. The fourth-order valence-corrected chi connectivity index (χ4v) is 2.90. The number of rotatable bonds is 11. The van der Waals surface area contributed by atoms with Gasteiger partial charge in [0, 0.05) is 20.2 Å². The number of hydrogen-bond donors (Lipinski definition) is 1. The van der Waals surface area contributed by atoms with Gasteiger partial charge in [0.1, 0.15) is 12.4 Å². The zero-order valence-electron chi connectivity index (χ0n) is 20.4. The third-order valence-electron chi connectivity index (χ3n) is 4.67. The molecule has 172 valence electrons. The smallest absolute Gasteiger partial charge is 0.121 e. The first-order valence-corrected chi connectivity index (χ1v) is 10.8. The predicted octanol–water partition coefficient (Wildman–Crippen LogP) is 5.68. The third-order valence-corrected chi connectivity index (χ3v) is 4.67. The Balaban J connectivity index is 0. The number of allylic oxidation sites excluding steroid dienone is 5. The molecular formula is C26H46N2O2. The van der Waals surface area contributed by atoms with Crippen molar-refractivity contribution in [3.63, 3.8) is 0 Å². The molecule has 1 heterocycles. The molecule has 0 unspecified atom stereocenters. The molecule has 1 aliphatic heterocycles. The van der Waals surface area contributed by atoms with Crippen LogP contribution in [0, 0.1) is 0 Å². The minimum Gasteiger partial charge on any atom is -0.499 e. The highest BCUT2D eigenvalue weighted by atomic mass is 16.5. The summed E-state index contributed by atoms with van der Waals surface area (Å²) in [6.45, 7) is 21.0. The molecule has 0 saturated carbocycles. The number of methoxy groups -OCH3 is 2. The van der Waals surface area contributed by atoms with E-state index in [2.05, 4.69) is 55.1 Å². The number of nitrogens with one attached hydrogen (secondary N) is 1. The van der Waals surface area contributed by atoms with E-state index >= 15 is 0 Å². The quantitative estimate of drug-likeness (QED) is 0.202. The van der Waals surface area contributed by atoms with Gasteiger partial charge in [-0.2, -0.15) is 0 Å². The number of ether oxygens (including phenoxy) is 2. The lowest BCUT2D eigenvalue weighted by Crippen LogP contribution is -2.32. The summed E-state index contributed by atoms with van der Waals surface area (Å²) in [6, 6.07) is 0. The van der Waals surface area contributed by atoms with Gasteiger partial charge in [-0.1, -0.05) is 36.5 Å². The van der Waals surface area contributed by atoms with E-state index in [4.69, 9.17) is 9.47 Å². The van der Waals surface area contributed by atoms with E-state index < -0.39 is 0 Å². The molecule has 30 heavy (non-hydrogen) atoms. The van der Waals surface area contributed by atoms with Crippen molar-refractivity contribution in [3.05, 3.63) is 72.6 Å². The van der Waals surface area contributed by atoms with E-state index in [1.54, 1.807) is 14.2 Å². The molecule has 1 rings (SSSR count). The molecule has 0 aromatic rings. The van der Waals surface area contributed by atoms with Crippen LogP contribution in [0.4, 0.5) is 0 Å². The first-order valence-electron chi connectivity index (χ1n) is 10.8. The fraction of sp³-hybridized carbons (Fsp3) is 0.538. The topological polar surface area (TPSA) is 33.7 Å². The molecule has 0 atom stereocenters. The van der Waals surface area contributed by atoms with Gasteiger partial charge in [0.15, 0.2) is 0 Å². The van der Waals surface area contributed by atoms with Gasteiger partial charge in [0.2, 0.25) is 0 Å². The molecule has 0 aliphatic carbocycles.